The molecule has 1 aromatic carbocycles. The highest BCUT2D eigenvalue weighted by Crippen LogP contribution is 2.11. The van der Waals surface area contributed by atoms with E-state index in [0.29, 0.717) is 6.54 Å². The molecule has 1 aromatic rings. The van der Waals surface area contributed by atoms with Crippen LogP contribution >= 0.6 is 0 Å². The molecule has 0 amide bonds. The fourth-order valence-electron chi connectivity index (χ4n) is 1.88. The number of ether oxygens (including phenoxy) is 1. The molecule has 1 rings (SSSR count). The minimum atomic E-state index is -3.44. The predicted molar refractivity (Wildman–Crippen MR) is 80.9 cm³/mol. The van der Waals surface area contributed by atoms with Crippen LogP contribution in [0.15, 0.2) is 30.3 Å². The molecule has 0 bridgehead atoms. The van der Waals surface area contributed by atoms with E-state index in [0.717, 1.165) is 5.56 Å². The number of rotatable bonds is 9. The summed E-state index contributed by atoms with van der Waals surface area (Å²) in [4.78, 5) is 11.0. The second kappa shape index (κ2) is 8.76. The van der Waals surface area contributed by atoms with E-state index in [1.807, 2.05) is 30.3 Å². The number of esters is 1. The number of carbonyl (C=O) groups excluding carboxylic acids is 1. The summed E-state index contributed by atoms with van der Waals surface area (Å²) in [5.74, 6) is -0.492. The van der Waals surface area contributed by atoms with E-state index >= 15 is 0 Å². The highest BCUT2D eigenvalue weighted by atomic mass is 32.2. The van der Waals surface area contributed by atoms with E-state index in [9.17, 15) is 13.2 Å². The van der Waals surface area contributed by atoms with E-state index in [-0.39, 0.29) is 31.7 Å². The van der Waals surface area contributed by atoms with Crippen LogP contribution < -0.4 is 5.73 Å². The Balaban J connectivity index is 2.67. The van der Waals surface area contributed by atoms with Crippen molar-refractivity contribution in [1.82, 2.24) is 4.31 Å². The standard InChI is InChI=1S/C14H22N2O4S/c1-20-14(17)8-5-11-21(18,19)16(10-9-15)12-13-6-3-2-4-7-13/h2-4,6-7H,5,8-12,15H2,1H3. The van der Waals surface area contributed by atoms with Gasteiger partial charge in [-0.15, -0.1) is 0 Å². The van der Waals surface area contributed by atoms with Crippen molar-refractivity contribution in [2.75, 3.05) is 26.0 Å². The zero-order chi connectivity index (χ0) is 15.7. The van der Waals surface area contributed by atoms with Crippen molar-refractivity contribution in [2.45, 2.75) is 19.4 Å². The topological polar surface area (TPSA) is 89.7 Å². The molecule has 0 spiro atoms. The van der Waals surface area contributed by atoms with Gasteiger partial charge in [0.05, 0.1) is 12.9 Å². The Morgan fingerprint density at radius 3 is 2.52 bits per heavy atom. The van der Waals surface area contributed by atoms with E-state index in [1.54, 1.807) is 0 Å². The van der Waals surface area contributed by atoms with Gasteiger partial charge in [-0.05, 0) is 12.0 Å². The summed E-state index contributed by atoms with van der Waals surface area (Å²) >= 11 is 0. The highest BCUT2D eigenvalue weighted by molar-refractivity contribution is 7.89. The fraction of sp³-hybridized carbons (Fsp3) is 0.500. The van der Waals surface area contributed by atoms with E-state index in [4.69, 9.17) is 5.73 Å². The van der Waals surface area contributed by atoms with Crippen molar-refractivity contribution >= 4 is 16.0 Å². The van der Waals surface area contributed by atoms with E-state index in [2.05, 4.69) is 4.74 Å². The number of nitrogens with two attached hydrogens (primary N) is 1. The first-order chi connectivity index (χ1) is 9.99. The fourth-order valence-corrected chi connectivity index (χ4v) is 3.37. The molecule has 0 radical (unpaired) electrons. The lowest BCUT2D eigenvalue weighted by Crippen LogP contribution is -2.36. The average molecular weight is 314 g/mol. The van der Waals surface area contributed by atoms with Crippen molar-refractivity contribution in [3.05, 3.63) is 35.9 Å². The number of nitrogens with zero attached hydrogens (tertiary/aromatic N) is 1. The van der Waals surface area contributed by atoms with Gasteiger partial charge < -0.3 is 10.5 Å². The maximum absolute atomic E-state index is 12.3. The number of sulfonamides is 1. The van der Waals surface area contributed by atoms with E-state index in [1.165, 1.54) is 11.4 Å². The lowest BCUT2D eigenvalue weighted by atomic mass is 10.2. The Morgan fingerprint density at radius 2 is 1.95 bits per heavy atom. The second-order valence-corrected chi connectivity index (χ2v) is 6.69. The van der Waals surface area contributed by atoms with Crippen LogP contribution in [0.5, 0.6) is 0 Å². The summed E-state index contributed by atoms with van der Waals surface area (Å²) in [5, 5.41) is 0. The third-order valence-corrected chi connectivity index (χ3v) is 4.89. The smallest absolute Gasteiger partial charge is 0.305 e. The molecule has 0 heterocycles. The zero-order valence-corrected chi connectivity index (χ0v) is 13.0. The molecular formula is C14H22N2O4S. The second-order valence-electron chi connectivity index (χ2n) is 4.60. The Kier molecular flexibility index (Phi) is 7.35. The zero-order valence-electron chi connectivity index (χ0n) is 12.2. The number of hydrogen-bond acceptors (Lipinski definition) is 5. The number of methoxy groups -OCH3 is 1. The molecule has 6 nitrogen and oxygen atoms in total. The molecule has 118 valence electrons. The SMILES string of the molecule is COC(=O)CCCS(=O)(=O)N(CCN)Cc1ccccc1. The van der Waals surface area contributed by atoms with Crippen LogP contribution in [-0.2, 0) is 26.1 Å². The quantitative estimate of drug-likeness (QED) is 0.679. The number of benzene rings is 1. The first-order valence-electron chi connectivity index (χ1n) is 6.78. The van der Waals surface area contributed by atoms with Crippen LogP contribution in [-0.4, -0.2) is 44.6 Å². The normalized spacial score (nSPS) is 11.6. The summed E-state index contributed by atoms with van der Waals surface area (Å²) < 4.78 is 30.5. The maximum atomic E-state index is 12.3. The monoisotopic (exact) mass is 314 g/mol. The molecule has 0 aromatic heterocycles. The number of hydrogen-bond donors (Lipinski definition) is 1. The van der Waals surface area contributed by atoms with Crippen molar-refractivity contribution in [2.24, 2.45) is 5.73 Å². The van der Waals surface area contributed by atoms with Crippen molar-refractivity contribution in [3.8, 4) is 0 Å². The molecule has 0 aliphatic heterocycles. The summed E-state index contributed by atoms with van der Waals surface area (Å²) in [6, 6.07) is 9.34. The third-order valence-electron chi connectivity index (χ3n) is 2.98. The molecule has 2 N–H and O–H groups in total. The summed E-state index contributed by atoms with van der Waals surface area (Å²) in [5.41, 5.74) is 6.40. The summed E-state index contributed by atoms with van der Waals surface area (Å²) in [7, 11) is -2.16. The van der Waals surface area contributed by atoms with Gasteiger partial charge >= 0.3 is 5.97 Å². The molecule has 0 atom stereocenters. The highest BCUT2D eigenvalue weighted by Gasteiger charge is 2.21. The van der Waals surface area contributed by atoms with Crippen LogP contribution in [0.3, 0.4) is 0 Å². The van der Waals surface area contributed by atoms with Gasteiger partial charge in [-0.1, -0.05) is 30.3 Å². The molecule has 0 aliphatic carbocycles. The Labute approximate surface area is 125 Å². The Morgan fingerprint density at radius 1 is 1.29 bits per heavy atom. The van der Waals surface area contributed by atoms with Crippen molar-refractivity contribution in [1.29, 1.82) is 0 Å². The van der Waals surface area contributed by atoms with Crippen LogP contribution in [0.25, 0.3) is 0 Å². The van der Waals surface area contributed by atoms with Crippen LogP contribution in [0.4, 0.5) is 0 Å². The average Bonchev–Trinajstić information content (AvgIpc) is 2.47. The number of carbonyl (C=O) groups is 1. The van der Waals surface area contributed by atoms with Gasteiger partial charge in [-0.25, -0.2) is 8.42 Å². The Hall–Kier alpha value is -1.44. The molecule has 0 saturated carbocycles. The van der Waals surface area contributed by atoms with Crippen LogP contribution in [0, 0.1) is 0 Å². The van der Waals surface area contributed by atoms with E-state index < -0.39 is 16.0 Å². The van der Waals surface area contributed by atoms with Crippen molar-refractivity contribution in [3.63, 3.8) is 0 Å². The van der Waals surface area contributed by atoms with Crippen molar-refractivity contribution < 1.29 is 17.9 Å². The summed E-state index contributed by atoms with van der Waals surface area (Å²) in [6.07, 6.45) is 0.336. The Bertz CT molecular complexity index is 531. The van der Waals surface area contributed by atoms with Gasteiger partial charge in [0.25, 0.3) is 0 Å². The van der Waals surface area contributed by atoms with Gasteiger partial charge in [0.1, 0.15) is 0 Å². The van der Waals surface area contributed by atoms with Gasteiger partial charge in [0.2, 0.25) is 10.0 Å². The molecule has 21 heavy (non-hydrogen) atoms. The summed E-state index contributed by atoms with van der Waals surface area (Å²) in [6.45, 7) is 0.803. The van der Waals surface area contributed by atoms with Crippen LogP contribution in [0.2, 0.25) is 0 Å². The molecular weight excluding hydrogens is 292 g/mol. The van der Waals surface area contributed by atoms with Gasteiger partial charge in [-0.2, -0.15) is 4.31 Å². The van der Waals surface area contributed by atoms with Gasteiger partial charge in [0.15, 0.2) is 0 Å². The minimum Gasteiger partial charge on any atom is -0.469 e. The third kappa shape index (κ3) is 6.24. The first-order valence-corrected chi connectivity index (χ1v) is 8.39. The first kappa shape index (κ1) is 17.6. The largest absolute Gasteiger partial charge is 0.469 e. The molecule has 0 aliphatic rings. The van der Waals surface area contributed by atoms with Gasteiger partial charge in [0, 0.05) is 26.1 Å². The minimum absolute atomic E-state index is 0.0884. The maximum Gasteiger partial charge on any atom is 0.305 e. The molecule has 0 fully saturated rings. The molecule has 0 unspecified atom stereocenters. The lowest BCUT2D eigenvalue weighted by Gasteiger charge is -2.21. The van der Waals surface area contributed by atoms with Gasteiger partial charge in [-0.3, -0.25) is 4.79 Å². The lowest BCUT2D eigenvalue weighted by molar-refractivity contribution is -0.140. The molecule has 0 saturated heterocycles. The molecule has 7 heteroatoms. The predicted octanol–water partition coefficient (Wildman–Crippen LogP) is 0.730. The van der Waals surface area contributed by atoms with Crippen LogP contribution in [0.1, 0.15) is 18.4 Å².